The van der Waals surface area contributed by atoms with Crippen LogP contribution in [0.25, 0.3) is 0 Å². The zero-order valence-corrected chi connectivity index (χ0v) is 9.17. The molecule has 0 aliphatic heterocycles. The van der Waals surface area contributed by atoms with E-state index >= 15 is 0 Å². The molecule has 1 rings (SSSR count). The van der Waals surface area contributed by atoms with Gasteiger partial charge in [-0.15, -0.1) is 0 Å². The van der Waals surface area contributed by atoms with Gasteiger partial charge in [-0.2, -0.15) is 0 Å². The van der Waals surface area contributed by atoms with Gasteiger partial charge in [0.05, 0.1) is 6.61 Å². The van der Waals surface area contributed by atoms with Crippen molar-refractivity contribution >= 4 is 27.7 Å². The molecule has 4 heteroatoms. The number of ether oxygens (including phenoxy) is 1. The molecule has 74 valence electrons. The lowest BCUT2D eigenvalue weighted by atomic mass is 9.88. The van der Waals surface area contributed by atoms with E-state index < -0.39 is 5.92 Å². The summed E-state index contributed by atoms with van der Waals surface area (Å²) < 4.78 is 4.83. The second-order valence-corrected chi connectivity index (χ2v) is 4.28. The van der Waals surface area contributed by atoms with Crippen molar-refractivity contribution in [3.05, 3.63) is 0 Å². The molecule has 2 atom stereocenters. The summed E-state index contributed by atoms with van der Waals surface area (Å²) in [4.78, 5) is 22.7. The number of esters is 1. The number of alkyl halides is 1. The summed E-state index contributed by atoms with van der Waals surface area (Å²) in [6.45, 7) is 2.08. The summed E-state index contributed by atoms with van der Waals surface area (Å²) in [5, 5.41) is 0. The number of halogens is 1. The highest BCUT2D eigenvalue weighted by Gasteiger charge is 2.36. The molecular weight excluding hydrogens is 236 g/mol. The number of carbonyl (C=O) groups is 2. The summed E-state index contributed by atoms with van der Waals surface area (Å²) in [5.41, 5.74) is 0. The van der Waals surface area contributed by atoms with Crippen molar-refractivity contribution in [3.63, 3.8) is 0 Å². The van der Waals surface area contributed by atoms with Crippen LogP contribution >= 0.6 is 15.9 Å². The molecule has 0 N–H and O–H groups in total. The van der Waals surface area contributed by atoms with E-state index in [0.29, 0.717) is 13.0 Å². The monoisotopic (exact) mass is 248 g/mol. The zero-order chi connectivity index (χ0) is 9.84. The summed E-state index contributed by atoms with van der Waals surface area (Å²) >= 11 is 3.34. The molecule has 1 fully saturated rings. The molecule has 0 bridgehead atoms. The number of rotatable bonds is 2. The summed E-state index contributed by atoms with van der Waals surface area (Å²) in [7, 11) is 0. The topological polar surface area (TPSA) is 43.4 Å². The molecule has 0 amide bonds. The van der Waals surface area contributed by atoms with Gasteiger partial charge in [-0.1, -0.05) is 15.9 Å². The molecular formula is C9H13BrO3. The molecule has 0 aromatic rings. The molecule has 0 spiro atoms. The Morgan fingerprint density at radius 1 is 1.69 bits per heavy atom. The Kier molecular flexibility index (Phi) is 3.90. The smallest absolute Gasteiger partial charge is 0.317 e. The first-order valence-electron chi connectivity index (χ1n) is 4.50. The third-order valence-corrected chi connectivity index (χ3v) is 3.14. The number of ketones is 1. The highest BCUT2D eigenvalue weighted by molar-refractivity contribution is 9.09. The Morgan fingerprint density at radius 3 is 2.92 bits per heavy atom. The van der Waals surface area contributed by atoms with Crippen LogP contribution in [0.1, 0.15) is 26.2 Å². The molecule has 0 heterocycles. The standard InChI is InChI=1S/C9H13BrO3/c1-2-13-9(12)8-6(10)4-3-5-7(8)11/h6,8H,2-5H2,1H3. The lowest BCUT2D eigenvalue weighted by Gasteiger charge is -2.23. The fraction of sp³-hybridized carbons (Fsp3) is 0.778. The summed E-state index contributed by atoms with van der Waals surface area (Å²) in [5.74, 6) is -0.950. The molecule has 13 heavy (non-hydrogen) atoms. The maximum atomic E-state index is 11.4. The molecule has 0 radical (unpaired) electrons. The van der Waals surface area contributed by atoms with E-state index in [1.54, 1.807) is 6.92 Å². The van der Waals surface area contributed by atoms with Gasteiger partial charge in [0.25, 0.3) is 0 Å². The van der Waals surface area contributed by atoms with Crippen molar-refractivity contribution in [3.8, 4) is 0 Å². The second kappa shape index (κ2) is 4.74. The Hall–Kier alpha value is -0.380. The Morgan fingerprint density at radius 2 is 2.38 bits per heavy atom. The largest absolute Gasteiger partial charge is 0.465 e. The van der Waals surface area contributed by atoms with E-state index in [9.17, 15) is 9.59 Å². The maximum Gasteiger partial charge on any atom is 0.317 e. The van der Waals surface area contributed by atoms with Gasteiger partial charge in [0, 0.05) is 11.2 Å². The second-order valence-electron chi connectivity index (χ2n) is 3.10. The van der Waals surface area contributed by atoms with E-state index in [-0.39, 0.29) is 16.6 Å². The Bertz CT molecular complexity index is 215. The first-order valence-corrected chi connectivity index (χ1v) is 5.41. The van der Waals surface area contributed by atoms with Crippen molar-refractivity contribution in [1.29, 1.82) is 0 Å². The van der Waals surface area contributed by atoms with Gasteiger partial charge in [0.2, 0.25) is 0 Å². The molecule has 0 aromatic carbocycles. The van der Waals surface area contributed by atoms with Crippen LogP contribution in [0.15, 0.2) is 0 Å². The first-order chi connectivity index (χ1) is 6.16. The average molecular weight is 249 g/mol. The molecule has 1 saturated carbocycles. The van der Waals surface area contributed by atoms with Crippen LogP contribution in [0.4, 0.5) is 0 Å². The van der Waals surface area contributed by atoms with Crippen molar-refractivity contribution in [2.24, 2.45) is 5.92 Å². The molecule has 3 nitrogen and oxygen atoms in total. The highest BCUT2D eigenvalue weighted by atomic mass is 79.9. The van der Waals surface area contributed by atoms with Crippen LogP contribution in [0, 0.1) is 5.92 Å². The van der Waals surface area contributed by atoms with E-state index in [4.69, 9.17) is 4.74 Å². The SMILES string of the molecule is CCOC(=O)C1C(=O)CCCC1Br. The number of hydrogen-bond donors (Lipinski definition) is 0. The minimum Gasteiger partial charge on any atom is -0.465 e. The average Bonchev–Trinajstić information content (AvgIpc) is 2.04. The maximum absolute atomic E-state index is 11.4. The minimum atomic E-state index is -0.575. The van der Waals surface area contributed by atoms with Gasteiger partial charge in [-0.3, -0.25) is 9.59 Å². The summed E-state index contributed by atoms with van der Waals surface area (Å²) in [6, 6.07) is 0. The van der Waals surface area contributed by atoms with E-state index in [0.717, 1.165) is 12.8 Å². The highest BCUT2D eigenvalue weighted by Crippen LogP contribution is 2.28. The normalized spacial score (nSPS) is 28.6. The number of Topliss-reactive ketones (excluding diaryl/α,β-unsaturated/α-hetero) is 1. The minimum absolute atomic E-state index is 0.00609. The van der Waals surface area contributed by atoms with Crippen LogP contribution in [-0.2, 0) is 14.3 Å². The van der Waals surface area contributed by atoms with Gasteiger partial charge in [0.1, 0.15) is 11.7 Å². The number of carbonyl (C=O) groups excluding carboxylic acids is 2. The predicted molar refractivity (Wildman–Crippen MR) is 51.7 cm³/mol. The van der Waals surface area contributed by atoms with E-state index in [1.807, 2.05) is 0 Å². The molecule has 0 saturated heterocycles. The fourth-order valence-corrected chi connectivity index (χ4v) is 2.34. The fourth-order valence-electron chi connectivity index (χ4n) is 1.51. The molecule has 2 unspecified atom stereocenters. The Balaban J connectivity index is 2.62. The zero-order valence-electron chi connectivity index (χ0n) is 7.59. The van der Waals surface area contributed by atoms with Crippen molar-refractivity contribution < 1.29 is 14.3 Å². The van der Waals surface area contributed by atoms with Crippen molar-refractivity contribution in [2.75, 3.05) is 6.61 Å². The molecule has 1 aliphatic rings. The lowest BCUT2D eigenvalue weighted by Crippen LogP contribution is -2.36. The van der Waals surface area contributed by atoms with Crippen LogP contribution in [0.2, 0.25) is 0 Å². The lowest BCUT2D eigenvalue weighted by molar-refractivity contribution is -0.152. The van der Waals surface area contributed by atoms with E-state index in [2.05, 4.69) is 15.9 Å². The van der Waals surface area contributed by atoms with Gasteiger partial charge in [-0.25, -0.2) is 0 Å². The molecule has 1 aliphatic carbocycles. The first kappa shape index (κ1) is 10.7. The van der Waals surface area contributed by atoms with Gasteiger partial charge >= 0.3 is 5.97 Å². The van der Waals surface area contributed by atoms with Crippen molar-refractivity contribution in [1.82, 2.24) is 0 Å². The Labute approximate surface area is 86.0 Å². The van der Waals surface area contributed by atoms with Gasteiger partial charge in [-0.05, 0) is 19.8 Å². The van der Waals surface area contributed by atoms with Crippen LogP contribution in [0.3, 0.4) is 0 Å². The van der Waals surface area contributed by atoms with E-state index in [1.165, 1.54) is 0 Å². The number of hydrogen-bond acceptors (Lipinski definition) is 3. The van der Waals surface area contributed by atoms with Crippen LogP contribution < -0.4 is 0 Å². The van der Waals surface area contributed by atoms with Gasteiger partial charge in [0.15, 0.2) is 0 Å². The van der Waals surface area contributed by atoms with Crippen LogP contribution in [0.5, 0.6) is 0 Å². The molecule has 0 aromatic heterocycles. The van der Waals surface area contributed by atoms with Crippen molar-refractivity contribution in [2.45, 2.75) is 31.0 Å². The third-order valence-electron chi connectivity index (χ3n) is 2.15. The third kappa shape index (κ3) is 2.53. The quantitative estimate of drug-likeness (QED) is 0.425. The summed E-state index contributed by atoms with van der Waals surface area (Å²) in [6.07, 6.45) is 2.24. The van der Waals surface area contributed by atoms with Crippen LogP contribution in [-0.4, -0.2) is 23.2 Å². The van der Waals surface area contributed by atoms with Gasteiger partial charge < -0.3 is 4.74 Å². The predicted octanol–water partition coefficient (Wildman–Crippen LogP) is 1.68.